The average Bonchev–Trinajstić information content (AvgIpc) is 2.61. The monoisotopic (exact) mass is 371 g/mol. The molecule has 0 unspecified atom stereocenters. The van der Waals surface area contributed by atoms with Crippen LogP contribution in [0.4, 0.5) is 0 Å². The molecule has 2 aromatic rings. The van der Waals surface area contributed by atoms with Gasteiger partial charge in [-0.25, -0.2) is 9.97 Å². The lowest BCUT2D eigenvalue weighted by atomic mass is 9.92. The number of hydrogen-bond donors (Lipinski definition) is 0. The second kappa shape index (κ2) is 7.76. The highest BCUT2D eigenvalue weighted by Gasteiger charge is 2.22. The molecule has 0 spiro atoms. The number of rotatable bonds is 4. The summed E-state index contributed by atoms with van der Waals surface area (Å²) < 4.78 is 3.25. The van der Waals surface area contributed by atoms with E-state index in [1.54, 1.807) is 30.2 Å². The van der Waals surface area contributed by atoms with Crippen LogP contribution in [0.5, 0.6) is 0 Å². The molecule has 7 heteroatoms. The maximum absolute atomic E-state index is 12.4. The number of nitrogens with zero attached hydrogens (tertiary/aromatic N) is 5. The molecule has 0 N–H and O–H groups in total. The van der Waals surface area contributed by atoms with Gasteiger partial charge in [-0.05, 0) is 31.8 Å². The van der Waals surface area contributed by atoms with Crippen LogP contribution in [0, 0.1) is 5.92 Å². The first kappa shape index (κ1) is 19.5. The molecule has 7 nitrogen and oxygen atoms in total. The van der Waals surface area contributed by atoms with Gasteiger partial charge in [0, 0.05) is 43.4 Å². The van der Waals surface area contributed by atoms with Crippen molar-refractivity contribution >= 4 is 0 Å². The number of piperidine rings is 1. The SMILES string of the molecule is Cn1cncc(CN2CCC(Cn3cnc(C(C)(C)C)cc3=O)CC2)c1=O. The zero-order valence-electron chi connectivity index (χ0n) is 16.7. The molecule has 0 aliphatic carbocycles. The summed E-state index contributed by atoms with van der Waals surface area (Å²) in [6.45, 7) is 9.36. The van der Waals surface area contributed by atoms with Gasteiger partial charge in [0.2, 0.25) is 0 Å². The Kier molecular flexibility index (Phi) is 5.60. The molecule has 3 rings (SSSR count). The molecule has 27 heavy (non-hydrogen) atoms. The molecule has 0 bridgehead atoms. The molecule has 0 radical (unpaired) electrons. The van der Waals surface area contributed by atoms with E-state index in [1.807, 2.05) is 0 Å². The topological polar surface area (TPSA) is 73.0 Å². The van der Waals surface area contributed by atoms with E-state index < -0.39 is 0 Å². The van der Waals surface area contributed by atoms with Crippen molar-refractivity contribution in [2.45, 2.75) is 52.1 Å². The van der Waals surface area contributed by atoms with Gasteiger partial charge in [-0.2, -0.15) is 0 Å². The van der Waals surface area contributed by atoms with Gasteiger partial charge in [0.1, 0.15) is 0 Å². The predicted molar refractivity (Wildman–Crippen MR) is 105 cm³/mol. The lowest BCUT2D eigenvalue weighted by molar-refractivity contribution is 0.165. The van der Waals surface area contributed by atoms with Crippen LogP contribution in [0.2, 0.25) is 0 Å². The molecule has 1 saturated heterocycles. The molecule has 146 valence electrons. The van der Waals surface area contributed by atoms with Crippen molar-refractivity contribution in [1.82, 2.24) is 24.0 Å². The lowest BCUT2D eigenvalue weighted by Gasteiger charge is -2.32. The molecular weight excluding hydrogens is 342 g/mol. The molecule has 1 aliphatic heterocycles. The predicted octanol–water partition coefficient (Wildman–Crippen LogP) is 1.55. The summed E-state index contributed by atoms with van der Waals surface area (Å²) in [6, 6.07) is 1.66. The van der Waals surface area contributed by atoms with Crippen molar-refractivity contribution < 1.29 is 0 Å². The first-order valence-electron chi connectivity index (χ1n) is 9.53. The quantitative estimate of drug-likeness (QED) is 0.815. The molecule has 1 aliphatic rings. The molecule has 0 saturated carbocycles. The molecule has 0 amide bonds. The Labute approximate surface area is 159 Å². The van der Waals surface area contributed by atoms with E-state index in [-0.39, 0.29) is 16.5 Å². The van der Waals surface area contributed by atoms with E-state index in [1.165, 1.54) is 10.9 Å². The smallest absolute Gasteiger partial charge is 0.257 e. The summed E-state index contributed by atoms with van der Waals surface area (Å²) in [7, 11) is 1.72. The van der Waals surface area contributed by atoms with Crippen molar-refractivity contribution in [2.75, 3.05) is 13.1 Å². The Morgan fingerprint density at radius 3 is 2.48 bits per heavy atom. The zero-order chi connectivity index (χ0) is 19.6. The van der Waals surface area contributed by atoms with Crippen LogP contribution in [0.1, 0.15) is 44.9 Å². The Hall–Kier alpha value is -2.28. The first-order valence-corrected chi connectivity index (χ1v) is 9.53. The minimum atomic E-state index is -0.118. The van der Waals surface area contributed by atoms with Crippen LogP contribution in [0.25, 0.3) is 0 Å². The highest BCUT2D eigenvalue weighted by molar-refractivity contribution is 5.10. The van der Waals surface area contributed by atoms with Gasteiger partial charge < -0.3 is 4.57 Å². The van der Waals surface area contributed by atoms with Gasteiger partial charge in [0.05, 0.1) is 18.3 Å². The summed E-state index contributed by atoms with van der Waals surface area (Å²) >= 11 is 0. The fourth-order valence-corrected chi connectivity index (χ4v) is 3.49. The van der Waals surface area contributed by atoms with Crippen LogP contribution in [-0.4, -0.2) is 37.1 Å². The first-order chi connectivity index (χ1) is 12.7. The summed E-state index contributed by atoms with van der Waals surface area (Å²) in [6.07, 6.45) is 6.90. The molecule has 0 aromatic carbocycles. The van der Waals surface area contributed by atoms with Crippen LogP contribution in [0.15, 0.2) is 34.5 Å². The van der Waals surface area contributed by atoms with Crippen LogP contribution < -0.4 is 11.1 Å². The van der Waals surface area contributed by atoms with Crippen molar-refractivity contribution in [3.05, 3.63) is 56.9 Å². The largest absolute Gasteiger partial charge is 0.302 e. The number of aryl methyl sites for hydroxylation is 1. The minimum absolute atomic E-state index is 0.0173. The van der Waals surface area contributed by atoms with E-state index in [9.17, 15) is 9.59 Å². The third kappa shape index (κ3) is 4.71. The van der Waals surface area contributed by atoms with Gasteiger partial charge in [-0.3, -0.25) is 19.1 Å². The molecule has 0 atom stereocenters. The number of likely N-dealkylation sites (tertiary alicyclic amines) is 1. The Bertz CT molecular complexity index is 902. The Morgan fingerprint density at radius 1 is 1.15 bits per heavy atom. The Balaban J connectivity index is 1.58. The summed E-state index contributed by atoms with van der Waals surface area (Å²) in [4.78, 5) is 35.4. The van der Waals surface area contributed by atoms with Gasteiger partial charge in [-0.1, -0.05) is 20.8 Å². The third-order valence-corrected chi connectivity index (χ3v) is 5.27. The average molecular weight is 371 g/mol. The summed E-state index contributed by atoms with van der Waals surface area (Å²) in [5.41, 5.74) is 1.49. The van der Waals surface area contributed by atoms with Crippen molar-refractivity contribution in [2.24, 2.45) is 13.0 Å². The Morgan fingerprint density at radius 2 is 1.85 bits per heavy atom. The summed E-state index contributed by atoms with van der Waals surface area (Å²) in [5.74, 6) is 0.456. The second-order valence-electron chi connectivity index (χ2n) is 8.57. The normalized spacial score (nSPS) is 16.6. The van der Waals surface area contributed by atoms with Crippen LogP contribution in [-0.2, 0) is 25.6 Å². The van der Waals surface area contributed by atoms with E-state index in [0.717, 1.165) is 37.2 Å². The summed E-state index contributed by atoms with van der Waals surface area (Å²) in [5, 5.41) is 0. The highest BCUT2D eigenvalue weighted by atomic mass is 16.1. The molecular formula is C20H29N5O2. The molecule has 3 heterocycles. The van der Waals surface area contributed by atoms with Crippen molar-refractivity contribution in [3.63, 3.8) is 0 Å². The van der Waals surface area contributed by atoms with E-state index in [0.29, 0.717) is 19.0 Å². The molecule has 1 fully saturated rings. The fraction of sp³-hybridized carbons (Fsp3) is 0.600. The van der Waals surface area contributed by atoms with E-state index in [2.05, 4.69) is 35.6 Å². The number of aromatic nitrogens is 4. The highest BCUT2D eigenvalue weighted by Crippen LogP contribution is 2.21. The standard InChI is InChI=1S/C20H29N5O2/c1-20(2,3)17-9-18(26)25(14-22-17)11-15-5-7-24(8-6-15)12-16-10-21-13-23(4)19(16)27/h9-10,13-15H,5-8,11-12H2,1-4H3. The minimum Gasteiger partial charge on any atom is -0.302 e. The maximum Gasteiger partial charge on any atom is 0.257 e. The van der Waals surface area contributed by atoms with Crippen molar-refractivity contribution in [1.29, 1.82) is 0 Å². The van der Waals surface area contributed by atoms with Gasteiger partial charge in [0.15, 0.2) is 0 Å². The van der Waals surface area contributed by atoms with E-state index in [4.69, 9.17) is 0 Å². The van der Waals surface area contributed by atoms with Crippen molar-refractivity contribution in [3.8, 4) is 0 Å². The fourth-order valence-electron chi connectivity index (χ4n) is 3.49. The van der Waals surface area contributed by atoms with Crippen LogP contribution >= 0.6 is 0 Å². The maximum atomic E-state index is 12.4. The molecule has 2 aromatic heterocycles. The van der Waals surface area contributed by atoms with Gasteiger partial charge in [0.25, 0.3) is 11.1 Å². The third-order valence-electron chi connectivity index (χ3n) is 5.27. The van der Waals surface area contributed by atoms with Gasteiger partial charge >= 0.3 is 0 Å². The number of hydrogen-bond acceptors (Lipinski definition) is 5. The van der Waals surface area contributed by atoms with Crippen LogP contribution in [0.3, 0.4) is 0 Å². The second-order valence-corrected chi connectivity index (χ2v) is 8.57. The lowest BCUT2D eigenvalue weighted by Crippen LogP contribution is -2.37. The van der Waals surface area contributed by atoms with Gasteiger partial charge in [-0.15, -0.1) is 0 Å². The van der Waals surface area contributed by atoms with E-state index >= 15 is 0 Å². The zero-order valence-corrected chi connectivity index (χ0v) is 16.7.